The van der Waals surface area contributed by atoms with Gasteiger partial charge in [-0.05, 0) is 37.7 Å². The van der Waals surface area contributed by atoms with Gasteiger partial charge in [0.15, 0.2) is 0 Å². The Kier molecular flexibility index (Phi) is 5.79. The monoisotopic (exact) mass is 349 g/mol. The van der Waals surface area contributed by atoms with Gasteiger partial charge in [0.05, 0.1) is 6.61 Å². The lowest BCUT2D eigenvalue weighted by molar-refractivity contribution is 0.276. The van der Waals surface area contributed by atoms with Crippen LogP contribution in [-0.2, 0) is 6.61 Å². The number of halogens is 1. The molecule has 2 aromatic rings. The fraction of sp³-hybridized carbons (Fsp3) is 0.294. The molecule has 2 rings (SSSR count). The molecule has 0 aliphatic carbocycles. The van der Waals surface area contributed by atoms with Gasteiger partial charge >= 0.3 is 0 Å². The first-order valence-corrected chi connectivity index (χ1v) is 7.84. The first kappa shape index (κ1) is 16.0. The van der Waals surface area contributed by atoms with Crippen LogP contribution in [0.3, 0.4) is 0 Å². The van der Waals surface area contributed by atoms with Crippen molar-refractivity contribution in [3.63, 3.8) is 0 Å². The number of aliphatic hydroxyl groups excluding tert-OH is 1. The van der Waals surface area contributed by atoms with Crippen LogP contribution in [-0.4, -0.2) is 11.7 Å². The number of rotatable bonds is 6. The van der Waals surface area contributed by atoms with Gasteiger partial charge in [-0.1, -0.05) is 41.1 Å². The van der Waals surface area contributed by atoms with Crippen molar-refractivity contribution in [2.75, 3.05) is 6.54 Å². The highest BCUT2D eigenvalue weighted by Gasteiger charge is 2.13. The molecule has 0 fully saturated rings. The maximum atomic E-state index is 9.40. The summed E-state index contributed by atoms with van der Waals surface area (Å²) in [5, 5.41) is 12.8. The van der Waals surface area contributed by atoms with Gasteiger partial charge < -0.3 is 15.2 Å². The van der Waals surface area contributed by atoms with E-state index in [4.69, 9.17) is 4.74 Å². The van der Waals surface area contributed by atoms with E-state index in [1.165, 1.54) is 0 Å². The molecule has 4 heteroatoms. The van der Waals surface area contributed by atoms with Crippen LogP contribution in [0.5, 0.6) is 11.5 Å². The summed E-state index contributed by atoms with van der Waals surface area (Å²) in [5.74, 6) is 1.49. The third-order valence-corrected chi connectivity index (χ3v) is 3.80. The normalized spacial score (nSPS) is 12.2. The quantitative estimate of drug-likeness (QED) is 0.811. The lowest BCUT2D eigenvalue weighted by Gasteiger charge is -2.19. The first-order chi connectivity index (χ1) is 10.2. The smallest absolute Gasteiger partial charge is 0.132 e. The van der Waals surface area contributed by atoms with E-state index in [0.29, 0.717) is 5.75 Å². The Hall–Kier alpha value is -1.36. The van der Waals surface area contributed by atoms with Crippen molar-refractivity contribution in [3.8, 4) is 11.5 Å². The van der Waals surface area contributed by atoms with E-state index in [0.717, 1.165) is 27.9 Å². The van der Waals surface area contributed by atoms with E-state index in [-0.39, 0.29) is 12.6 Å². The minimum atomic E-state index is -0.0369. The number of benzene rings is 2. The molecule has 0 saturated heterocycles. The summed E-state index contributed by atoms with van der Waals surface area (Å²) in [7, 11) is 0. The Labute approximate surface area is 134 Å². The third kappa shape index (κ3) is 4.06. The Morgan fingerprint density at radius 1 is 1.19 bits per heavy atom. The summed E-state index contributed by atoms with van der Waals surface area (Å²) < 4.78 is 7.05. The predicted octanol–water partition coefficient (Wildman–Crippen LogP) is 4.40. The SMILES string of the molecule is CCNC(C)c1cc(Br)ccc1Oc1ccccc1CO. The minimum absolute atomic E-state index is 0.0369. The molecule has 2 aromatic carbocycles. The fourth-order valence-corrected chi connectivity index (χ4v) is 2.60. The van der Waals surface area contributed by atoms with E-state index in [2.05, 4.69) is 41.2 Å². The van der Waals surface area contributed by atoms with Crippen molar-refractivity contribution in [1.82, 2.24) is 5.32 Å². The number of ether oxygens (including phenoxy) is 1. The number of para-hydroxylation sites is 1. The average Bonchev–Trinajstić information content (AvgIpc) is 2.49. The minimum Gasteiger partial charge on any atom is -0.457 e. The second-order valence-electron chi connectivity index (χ2n) is 4.83. The molecular formula is C17H20BrNO2. The van der Waals surface area contributed by atoms with Crippen LogP contribution < -0.4 is 10.1 Å². The molecular weight excluding hydrogens is 330 g/mol. The van der Waals surface area contributed by atoms with Crippen LogP contribution in [0.15, 0.2) is 46.9 Å². The van der Waals surface area contributed by atoms with E-state index in [1.54, 1.807) is 0 Å². The molecule has 2 N–H and O–H groups in total. The summed E-state index contributed by atoms with van der Waals surface area (Å²) in [6.07, 6.45) is 0. The lowest BCUT2D eigenvalue weighted by atomic mass is 10.1. The maximum Gasteiger partial charge on any atom is 0.132 e. The van der Waals surface area contributed by atoms with Crippen LogP contribution in [0.2, 0.25) is 0 Å². The van der Waals surface area contributed by atoms with Crippen LogP contribution in [0.25, 0.3) is 0 Å². The summed E-state index contributed by atoms with van der Waals surface area (Å²) in [5.41, 5.74) is 1.86. The molecule has 3 nitrogen and oxygen atoms in total. The Balaban J connectivity index is 2.35. The van der Waals surface area contributed by atoms with E-state index < -0.39 is 0 Å². The van der Waals surface area contributed by atoms with Crippen LogP contribution in [0.1, 0.15) is 31.0 Å². The summed E-state index contributed by atoms with van der Waals surface area (Å²) in [4.78, 5) is 0. The van der Waals surface area contributed by atoms with Gasteiger partial charge in [-0.25, -0.2) is 0 Å². The van der Waals surface area contributed by atoms with Crippen LogP contribution in [0.4, 0.5) is 0 Å². The molecule has 0 amide bonds. The first-order valence-electron chi connectivity index (χ1n) is 7.05. The Morgan fingerprint density at radius 3 is 2.67 bits per heavy atom. The highest BCUT2D eigenvalue weighted by Crippen LogP contribution is 2.33. The molecule has 0 bridgehead atoms. The molecule has 0 aromatic heterocycles. The van der Waals surface area contributed by atoms with Gasteiger partial charge in [0.2, 0.25) is 0 Å². The summed E-state index contributed by atoms with van der Waals surface area (Å²) in [6, 6.07) is 13.7. The number of hydrogen-bond acceptors (Lipinski definition) is 3. The number of hydrogen-bond donors (Lipinski definition) is 2. The predicted molar refractivity (Wildman–Crippen MR) is 88.7 cm³/mol. The molecule has 0 saturated carbocycles. The average molecular weight is 350 g/mol. The molecule has 1 atom stereocenters. The van der Waals surface area contributed by atoms with Crippen molar-refractivity contribution in [1.29, 1.82) is 0 Å². The van der Waals surface area contributed by atoms with Gasteiger partial charge in [-0.15, -0.1) is 0 Å². The second kappa shape index (κ2) is 7.59. The molecule has 21 heavy (non-hydrogen) atoms. The van der Waals surface area contributed by atoms with Crippen molar-refractivity contribution in [2.45, 2.75) is 26.5 Å². The molecule has 112 valence electrons. The van der Waals surface area contributed by atoms with Gasteiger partial charge in [-0.3, -0.25) is 0 Å². The van der Waals surface area contributed by atoms with Gasteiger partial charge in [0.25, 0.3) is 0 Å². The highest BCUT2D eigenvalue weighted by atomic mass is 79.9. The molecule has 0 radical (unpaired) electrons. The summed E-state index contributed by atoms with van der Waals surface area (Å²) in [6.45, 7) is 5.04. The van der Waals surface area contributed by atoms with Crippen LogP contribution in [0, 0.1) is 0 Å². The topological polar surface area (TPSA) is 41.5 Å². The van der Waals surface area contributed by atoms with E-state index in [9.17, 15) is 5.11 Å². The zero-order valence-corrected chi connectivity index (χ0v) is 13.9. The standard InChI is InChI=1S/C17H20BrNO2/c1-3-19-12(2)15-10-14(18)8-9-17(15)21-16-7-5-4-6-13(16)11-20/h4-10,12,19-20H,3,11H2,1-2H3. The van der Waals surface area contributed by atoms with Gasteiger partial charge in [-0.2, -0.15) is 0 Å². The number of aliphatic hydroxyl groups is 1. The van der Waals surface area contributed by atoms with Crippen molar-refractivity contribution in [2.24, 2.45) is 0 Å². The van der Waals surface area contributed by atoms with Gasteiger partial charge in [0, 0.05) is 21.6 Å². The summed E-state index contributed by atoms with van der Waals surface area (Å²) >= 11 is 3.51. The second-order valence-corrected chi connectivity index (χ2v) is 5.75. The maximum absolute atomic E-state index is 9.40. The van der Waals surface area contributed by atoms with E-state index in [1.807, 2.05) is 36.4 Å². The molecule has 0 spiro atoms. The zero-order valence-electron chi connectivity index (χ0n) is 12.3. The highest BCUT2D eigenvalue weighted by molar-refractivity contribution is 9.10. The number of nitrogens with one attached hydrogen (secondary N) is 1. The molecule has 0 aliphatic heterocycles. The molecule has 1 unspecified atom stereocenters. The Morgan fingerprint density at radius 2 is 1.95 bits per heavy atom. The zero-order chi connectivity index (χ0) is 15.2. The fourth-order valence-electron chi connectivity index (χ4n) is 2.22. The Bertz CT molecular complexity index is 601. The van der Waals surface area contributed by atoms with Crippen molar-refractivity contribution < 1.29 is 9.84 Å². The van der Waals surface area contributed by atoms with Crippen molar-refractivity contribution in [3.05, 3.63) is 58.1 Å². The van der Waals surface area contributed by atoms with Gasteiger partial charge in [0.1, 0.15) is 11.5 Å². The van der Waals surface area contributed by atoms with E-state index >= 15 is 0 Å². The molecule has 0 heterocycles. The largest absolute Gasteiger partial charge is 0.457 e. The van der Waals surface area contributed by atoms with Crippen LogP contribution >= 0.6 is 15.9 Å². The van der Waals surface area contributed by atoms with Crippen molar-refractivity contribution >= 4 is 15.9 Å². The third-order valence-electron chi connectivity index (χ3n) is 3.31. The lowest BCUT2D eigenvalue weighted by Crippen LogP contribution is -2.18. The molecule has 0 aliphatic rings.